The molecule has 0 radical (unpaired) electrons. The summed E-state index contributed by atoms with van der Waals surface area (Å²) in [6, 6.07) is 1.88. The Morgan fingerprint density at radius 2 is 2.11 bits per heavy atom. The van der Waals surface area contributed by atoms with Crippen LogP contribution in [0.25, 0.3) is 0 Å². The minimum absolute atomic E-state index is 0.198. The Labute approximate surface area is 105 Å². The quantitative estimate of drug-likeness (QED) is 0.663. The molecule has 0 heterocycles. The molecule has 0 spiro atoms. The zero-order valence-corrected chi connectivity index (χ0v) is 10.4. The number of benzene rings is 1. The van der Waals surface area contributed by atoms with Gasteiger partial charge >= 0.3 is 0 Å². The number of rotatable bonds is 4. The van der Waals surface area contributed by atoms with Crippen molar-refractivity contribution in [3.63, 3.8) is 0 Å². The van der Waals surface area contributed by atoms with Crippen molar-refractivity contribution in [1.82, 2.24) is 4.90 Å². The van der Waals surface area contributed by atoms with Crippen LogP contribution in [0, 0.1) is 11.6 Å². The molecule has 0 saturated heterocycles. The van der Waals surface area contributed by atoms with E-state index in [1.54, 1.807) is 13.8 Å². The van der Waals surface area contributed by atoms with E-state index in [0.717, 1.165) is 12.1 Å². The van der Waals surface area contributed by atoms with Crippen molar-refractivity contribution >= 4 is 11.6 Å². The number of nitrogens with two attached hydrogens (primary N) is 1. The van der Waals surface area contributed by atoms with E-state index in [1.807, 2.05) is 0 Å². The molecule has 1 aromatic rings. The number of carbonyl (C=O) groups is 1. The molecule has 2 N–H and O–H groups in total. The maximum Gasteiger partial charge on any atom is 0.260 e. The van der Waals surface area contributed by atoms with Gasteiger partial charge in [0.1, 0.15) is 11.4 Å². The second-order valence-corrected chi connectivity index (χ2v) is 4.17. The summed E-state index contributed by atoms with van der Waals surface area (Å²) in [6.07, 6.45) is 1.50. The highest BCUT2D eigenvalue weighted by molar-refractivity contribution is 5.96. The molecule has 0 aromatic heterocycles. The molecule has 0 aliphatic rings. The second kappa shape index (κ2) is 5.62. The standard InChI is InChI=1S/C13H16F2N2O/c1-4-7-17(8(2)3)13(18)11-9(14)5-6-10(16)12(11)15/h4-6,8H,1,7,16H2,2-3H3. The van der Waals surface area contributed by atoms with E-state index in [1.165, 1.54) is 11.0 Å². The van der Waals surface area contributed by atoms with E-state index >= 15 is 0 Å². The van der Waals surface area contributed by atoms with E-state index in [-0.39, 0.29) is 18.3 Å². The van der Waals surface area contributed by atoms with Crippen LogP contribution in [-0.2, 0) is 0 Å². The van der Waals surface area contributed by atoms with Gasteiger partial charge in [-0.2, -0.15) is 0 Å². The summed E-state index contributed by atoms with van der Waals surface area (Å²) >= 11 is 0. The molecule has 0 saturated carbocycles. The molecule has 98 valence electrons. The maximum absolute atomic E-state index is 13.7. The number of carbonyl (C=O) groups excluding carboxylic acids is 1. The van der Waals surface area contributed by atoms with Gasteiger partial charge < -0.3 is 10.6 Å². The highest BCUT2D eigenvalue weighted by Gasteiger charge is 2.25. The van der Waals surface area contributed by atoms with Crippen molar-refractivity contribution in [1.29, 1.82) is 0 Å². The van der Waals surface area contributed by atoms with Crippen molar-refractivity contribution < 1.29 is 13.6 Å². The van der Waals surface area contributed by atoms with Gasteiger partial charge in [0.05, 0.1) is 5.69 Å². The van der Waals surface area contributed by atoms with Crippen LogP contribution in [0.5, 0.6) is 0 Å². The molecular formula is C13H16F2N2O. The summed E-state index contributed by atoms with van der Waals surface area (Å²) in [5.41, 5.74) is 4.48. The van der Waals surface area contributed by atoms with Crippen molar-refractivity contribution in [2.45, 2.75) is 19.9 Å². The molecule has 0 atom stereocenters. The Kier molecular flexibility index (Phi) is 4.42. The van der Waals surface area contributed by atoms with Gasteiger partial charge in [0, 0.05) is 12.6 Å². The van der Waals surface area contributed by atoms with Crippen LogP contribution in [0.3, 0.4) is 0 Å². The Morgan fingerprint density at radius 3 is 2.61 bits per heavy atom. The first kappa shape index (κ1) is 14.2. The first-order valence-corrected chi connectivity index (χ1v) is 5.55. The van der Waals surface area contributed by atoms with E-state index in [9.17, 15) is 13.6 Å². The smallest absolute Gasteiger partial charge is 0.260 e. The second-order valence-electron chi connectivity index (χ2n) is 4.17. The first-order valence-electron chi connectivity index (χ1n) is 5.55. The van der Waals surface area contributed by atoms with Gasteiger partial charge in [0.25, 0.3) is 5.91 Å². The highest BCUT2D eigenvalue weighted by Crippen LogP contribution is 2.21. The molecule has 3 nitrogen and oxygen atoms in total. The molecule has 18 heavy (non-hydrogen) atoms. The number of nitrogens with zero attached hydrogens (tertiary/aromatic N) is 1. The SMILES string of the molecule is C=CCN(C(=O)c1c(F)ccc(N)c1F)C(C)C. The van der Waals surface area contributed by atoms with Crippen LogP contribution >= 0.6 is 0 Å². The Bertz CT molecular complexity index is 472. The number of nitrogen functional groups attached to an aromatic ring is 1. The van der Waals surface area contributed by atoms with Crippen LogP contribution in [0.4, 0.5) is 14.5 Å². The summed E-state index contributed by atoms with van der Waals surface area (Å²) in [5, 5.41) is 0. The number of amides is 1. The fourth-order valence-electron chi connectivity index (χ4n) is 1.58. The average Bonchev–Trinajstić information content (AvgIpc) is 2.30. The Hall–Kier alpha value is -1.91. The third-order valence-corrected chi connectivity index (χ3v) is 2.54. The lowest BCUT2D eigenvalue weighted by molar-refractivity contribution is 0.0719. The lowest BCUT2D eigenvalue weighted by Gasteiger charge is -2.25. The summed E-state index contributed by atoms with van der Waals surface area (Å²) in [7, 11) is 0. The van der Waals surface area contributed by atoms with Crippen LogP contribution in [0.15, 0.2) is 24.8 Å². The van der Waals surface area contributed by atoms with Gasteiger partial charge in [-0.25, -0.2) is 8.78 Å². The number of hydrogen-bond acceptors (Lipinski definition) is 2. The number of hydrogen-bond donors (Lipinski definition) is 1. The molecular weight excluding hydrogens is 238 g/mol. The van der Waals surface area contributed by atoms with Crippen molar-refractivity contribution in [3.05, 3.63) is 42.0 Å². The largest absolute Gasteiger partial charge is 0.396 e. The zero-order chi connectivity index (χ0) is 13.9. The Balaban J connectivity index is 3.24. The topological polar surface area (TPSA) is 46.3 Å². The summed E-state index contributed by atoms with van der Waals surface area (Å²) < 4.78 is 27.3. The fraction of sp³-hybridized carbons (Fsp3) is 0.308. The van der Waals surface area contributed by atoms with E-state index < -0.39 is 23.1 Å². The van der Waals surface area contributed by atoms with Crippen molar-refractivity contribution in [3.8, 4) is 0 Å². The van der Waals surface area contributed by atoms with Crippen molar-refractivity contribution in [2.24, 2.45) is 0 Å². The van der Waals surface area contributed by atoms with Gasteiger partial charge in [0.2, 0.25) is 0 Å². The number of halogens is 2. The minimum atomic E-state index is -1.02. The van der Waals surface area contributed by atoms with Crippen molar-refractivity contribution in [2.75, 3.05) is 12.3 Å². The average molecular weight is 254 g/mol. The lowest BCUT2D eigenvalue weighted by atomic mass is 10.1. The molecule has 5 heteroatoms. The summed E-state index contributed by atoms with van der Waals surface area (Å²) in [4.78, 5) is 13.4. The van der Waals surface area contributed by atoms with E-state index in [4.69, 9.17) is 5.73 Å². The highest BCUT2D eigenvalue weighted by atomic mass is 19.1. The summed E-state index contributed by atoms with van der Waals surface area (Å²) in [5.74, 6) is -2.66. The molecule has 1 amide bonds. The van der Waals surface area contributed by atoms with Gasteiger partial charge in [-0.15, -0.1) is 6.58 Å². The number of anilines is 1. The van der Waals surface area contributed by atoms with E-state index in [0.29, 0.717) is 0 Å². The van der Waals surface area contributed by atoms with Crippen LogP contribution in [0.2, 0.25) is 0 Å². The zero-order valence-electron chi connectivity index (χ0n) is 10.4. The van der Waals surface area contributed by atoms with Gasteiger partial charge in [-0.3, -0.25) is 4.79 Å². The van der Waals surface area contributed by atoms with E-state index in [2.05, 4.69) is 6.58 Å². The Morgan fingerprint density at radius 1 is 1.50 bits per heavy atom. The maximum atomic E-state index is 13.7. The van der Waals surface area contributed by atoms with Crippen LogP contribution in [-0.4, -0.2) is 23.4 Å². The normalized spacial score (nSPS) is 10.5. The molecule has 0 bridgehead atoms. The monoisotopic (exact) mass is 254 g/mol. The molecule has 0 aliphatic carbocycles. The lowest BCUT2D eigenvalue weighted by Crippen LogP contribution is -2.38. The first-order chi connectivity index (χ1) is 8.40. The third-order valence-electron chi connectivity index (χ3n) is 2.54. The predicted molar refractivity (Wildman–Crippen MR) is 67.1 cm³/mol. The molecule has 1 aromatic carbocycles. The summed E-state index contributed by atoms with van der Waals surface area (Å²) in [6.45, 7) is 7.23. The fourth-order valence-corrected chi connectivity index (χ4v) is 1.58. The van der Waals surface area contributed by atoms with Gasteiger partial charge in [-0.05, 0) is 26.0 Å². The third kappa shape index (κ3) is 2.67. The van der Waals surface area contributed by atoms with Gasteiger partial charge in [0.15, 0.2) is 5.82 Å². The molecule has 1 rings (SSSR count). The predicted octanol–water partition coefficient (Wildman–Crippen LogP) is 2.58. The van der Waals surface area contributed by atoms with Crippen LogP contribution < -0.4 is 5.73 Å². The van der Waals surface area contributed by atoms with Gasteiger partial charge in [-0.1, -0.05) is 6.08 Å². The van der Waals surface area contributed by atoms with Crippen LogP contribution in [0.1, 0.15) is 24.2 Å². The molecule has 0 fully saturated rings. The minimum Gasteiger partial charge on any atom is -0.396 e. The molecule has 0 aliphatic heterocycles. The molecule has 0 unspecified atom stereocenters.